The highest BCUT2D eigenvalue weighted by atomic mass is 35.5. The molecule has 10 heteroatoms. The Balaban J connectivity index is 0.000000168. The minimum atomic E-state index is 0.309. The van der Waals surface area contributed by atoms with Crippen LogP contribution in [-0.2, 0) is 14.1 Å². The number of nitrogens with one attached hydrogen (secondary N) is 2. The number of benzene rings is 2. The maximum atomic E-state index is 6.11. The molecule has 2 aromatic heterocycles. The quantitative estimate of drug-likeness (QED) is 0.228. The second-order valence-corrected chi connectivity index (χ2v) is 14.6. The summed E-state index contributed by atoms with van der Waals surface area (Å²) < 4.78 is 3.93. The van der Waals surface area contributed by atoms with Crippen molar-refractivity contribution in [2.45, 2.75) is 64.1 Å². The zero-order valence-corrected chi connectivity index (χ0v) is 28.7. The second-order valence-electron chi connectivity index (χ2n) is 11.5. The molecule has 42 heavy (non-hydrogen) atoms. The monoisotopic (exact) mass is 642 g/mol. The van der Waals surface area contributed by atoms with E-state index < -0.39 is 0 Å². The molecule has 2 aromatic carbocycles. The zero-order chi connectivity index (χ0) is 30.3. The van der Waals surface area contributed by atoms with Crippen molar-refractivity contribution in [1.82, 2.24) is 19.6 Å². The van der Waals surface area contributed by atoms with Crippen LogP contribution >= 0.6 is 46.7 Å². The Morgan fingerprint density at radius 2 is 1.07 bits per heavy atom. The van der Waals surface area contributed by atoms with Crippen molar-refractivity contribution in [1.29, 1.82) is 0 Å². The lowest BCUT2D eigenvalue weighted by atomic mass is 9.99. The summed E-state index contributed by atoms with van der Waals surface area (Å²) in [5, 5.41) is 18.6. The van der Waals surface area contributed by atoms with E-state index >= 15 is 0 Å². The fraction of sp³-hybridized carbons (Fsp3) is 0.438. The number of thioether (sulfide) groups is 2. The number of anilines is 2. The Morgan fingerprint density at radius 1 is 0.690 bits per heavy atom. The largest absolute Gasteiger partial charge is 0.367 e. The maximum Gasteiger partial charge on any atom is 0.129 e. The molecule has 0 fully saturated rings. The summed E-state index contributed by atoms with van der Waals surface area (Å²) >= 11 is 16.2. The van der Waals surface area contributed by atoms with Gasteiger partial charge in [-0.15, -0.1) is 23.5 Å². The number of halogens is 2. The molecule has 0 spiro atoms. The molecule has 4 aromatic rings. The molecule has 0 saturated carbocycles. The Labute approximate surface area is 268 Å². The van der Waals surface area contributed by atoms with Crippen LogP contribution < -0.4 is 10.6 Å². The van der Waals surface area contributed by atoms with Crippen LogP contribution in [0.5, 0.6) is 0 Å². The van der Waals surface area contributed by atoms with E-state index in [4.69, 9.17) is 23.2 Å². The van der Waals surface area contributed by atoms with Gasteiger partial charge in [0.15, 0.2) is 0 Å². The molecular weight excluding hydrogens is 603 g/mol. The minimum absolute atomic E-state index is 0.309. The molecule has 4 atom stereocenters. The van der Waals surface area contributed by atoms with E-state index in [0.29, 0.717) is 22.6 Å². The molecule has 224 valence electrons. The van der Waals surface area contributed by atoms with E-state index in [0.717, 1.165) is 44.6 Å². The smallest absolute Gasteiger partial charge is 0.129 e. The number of nitrogens with zero attached hydrogens (tertiary/aromatic N) is 4. The van der Waals surface area contributed by atoms with Crippen molar-refractivity contribution in [3.63, 3.8) is 0 Å². The van der Waals surface area contributed by atoms with Crippen LogP contribution in [0, 0.1) is 27.7 Å². The van der Waals surface area contributed by atoms with Crippen LogP contribution in [0.3, 0.4) is 0 Å². The Bertz CT molecular complexity index is 1480. The number of aryl methyl sites for hydroxylation is 6. The Morgan fingerprint density at radius 3 is 1.43 bits per heavy atom. The first-order valence-electron chi connectivity index (χ1n) is 14.3. The summed E-state index contributed by atoms with van der Waals surface area (Å²) in [5.74, 6) is 4.43. The van der Waals surface area contributed by atoms with Gasteiger partial charge in [0.2, 0.25) is 0 Å². The molecule has 0 bridgehead atoms. The van der Waals surface area contributed by atoms with Gasteiger partial charge in [-0.2, -0.15) is 10.2 Å². The van der Waals surface area contributed by atoms with Gasteiger partial charge in [-0.05, 0) is 88.1 Å². The number of hydrogen-bond acceptors (Lipinski definition) is 6. The lowest BCUT2D eigenvalue weighted by Crippen LogP contribution is -2.18. The molecule has 0 unspecified atom stereocenters. The van der Waals surface area contributed by atoms with Gasteiger partial charge < -0.3 is 10.6 Å². The summed E-state index contributed by atoms with van der Waals surface area (Å²) in [6.45, 7) is 12.9. The molecule has 2 aliphatic rings. The molecule has 6 rings (SSSR count). The van der Waals surface area contributed by atoms with Crippen LogP contribution in [0.25, 0.3) is 0 Å². The zero-order valence-electron chi connectivity index (χ0n) is 25.5. The summed E-state index contributed by atoms with van der Waals surface area (Å²) in [5.41, 5.74) is 9.94. The van der Waals surface area contributed by atoms with E-state index in [1.807, 2.05) is 71.2 Å². The molecule has 6 nitrogen and oxygen atoms in total. The molecule has 4 heterocycles. The van der Waals surface area contributed by atoms with E-state index in [-0.39, 0.29) is 0 Å². The number of aromatic nitrogens is 4. The maximum absolute atomic E-state index is 6.11. The van der Waals surface area contributed by atoms with Gasteiger partial charge in [-0.3, -0.25) is 9.36 Å². The topological polar surface area (TPSA) is 59.7 Å². The first kappa shape index (κ1) is 31.2. The summed E-state index contributed by atoms with van der Waals surface area (Å²) in [6, 6.07) is 13.2. The van der Waals surface area contributed by atoms with Crippen LogP contribution in [0.2, 0.25) is 10.0 Å². The standard InChI is InChI=1S/2C16H20ClN3S/c2*1-9-7-12(17)5-6-13(9)15-14-11(3)19-20(4)16(14)18-10(2)8-21-15/h2*5-7,10,15,18H,8H2,1-4H3/t2*10-,15+/m10/s1. The highest BCUT2D eigenvalue weighted by Crippen LogP contribution is 2.46. The van der Waals surface area contributed by atoms with Gasteiger partial charge in [-0.1, -0.05) is 35.3 Å². The van der Waals surface area contributed by atoms with Gasteiger partial charge in [0.1, 0.15) is 11.6 Å². The number of rotatable bonds is 2. The molecule has 2 N–H and O–H groups in total. The first-order valence-corrected chi connectivity index (χ1v) is 17.1. The average molecular weight is 644 g/mol. The van der Waals surface area contributed by atoms with Crippen molar-refractivity contribution in [3.8, 4) is 0 Å². The fourth-order valence-corrected chi connectivity index (χ4v) is 9.24. The SMILES string of the molecule is Cc1cc(Cl)ccc1[C@@H]1SC[C@@H](C)Nc2c1c(C)nn2C.Cc1cc(Cl)ccc1[C@H]1SC[C@H](C)Nc2c1c(C)nn2C. The van der Waals surface area contributed by atoms with Crippen molar-refractivity contribution in [2.24, 2.45) is 14.1 Å². The average Bonchev–Trinajstić information content (AvgIpc) is 3.17. The van der Waals surface area contributed by atoms with Gasteiger partial charge >= 0.3 is 0 Å². The van der Waals surface area contributed by atoms with Crippen molar-refractivity contribution < 1.29 is 0 Å². The highest BCUT2D eigenvalue weighted by molar-refractivity contribution is 8.00. The lowest BCUT2D eigenvalue weighted by Gasteiger charge is -2.18. The third-order valence-electron chi connectivity index (χ3n) is 7.88. The summed E-state index contributed by atoms with van der Waals surface area (Å²) in [7, 11) is 4.01. The first-order chi connectivity index (χ1) is 19.9. The number of hydrogen-bond donors (Lipinski definition) is 2. The second kappa shape index (κ2) is 12.8. The lowest BCUT2D eigenvalue weighted by molar-refractivity contribution is 0.747. The molecule has 0 aliphatic carbocycles. The van der Waals surface area contributed by atoms with E-state index in [1.54, 1.807) is 0 Å². The fourth-order valence-electron chi connectivity index (χ4n) is 5.87. The van der Waals surface area contributed by atoms with Crippen LogP contribution in [0.4, 0.5) is 11.6 Å². The van der Waals surface area contributed by atoms with Crippen molar-refractivity contribution in [3.05, 3.63) is 91.2 Å². The third kappa shape index (κ3) is 6.33. The van der Waals surface area contributed by atoms with E-state index in [2.05, 4.69) is 74.5 Å². The van der Waals surface area contributed by atoms with Crippen molar-refractivity contribution in [2.75, 3.05) is 22.1 Å². The van der Waals surface area contributed by atoms with E-state index in [1.165, 1.54) is 33.4 Å². The molecular formula is C32H40Cl2N6S2. The highest BCUT2D eigenvalue weighted by Gasteiger charge is 2.31. The normalized spacial score (nSPS) is 21.6. The minimum Gasteiger partial charge on any atom is -0.367 e. The Hall–Kier alpha value is -2.26. The predicted molar refractivity (Wildman–Crippen MR) is 183 cm³/mol. The van der Waals surface area contributed by atoms with Gasteiger partial charge in [-0.25, -0.2) is 0 Å². The van der Waals surface area contributed by atoms with Crippen LogP contribution in [-0.4, -0.2) is 43.2 Å². The third-order valence-corrected chi connectivity index (χ3v) is 11.4. The summed E-state index contributed by atoms with van der Waals surface area (Å²) in [6.07, 6.45) is 0. The molecule has 2 aliphatic heterocycles. The van der Waals surface area contributed by atoms with Crippen LogP contribution in [0.1, 0.15) is 69.1 Å². The van der Waals surface area contributed by atoms with Gasteiger partial charge in [0.05, 0.1) is 21.9 Å². The summed E-state index contributed by atoms with van der Waals surface area (Å²) in [4.78, 5) is 0. The predicted octanol–water partition coefficient (Wildman–Crippen LogP) is 8.65. The number of fused-ring (bicyclic) bond motifs is 2. The van der Waals surface area contributed by atoms with Gasteiger partial charge in [0, 0.05) is 58.9 Å². The van der Waals surface area contributed by atoms with Crippen LogP contribution in [0.15, 0.2) is 36.4 Å². The molecule has 0 radical (unpaired) electrons. The van der Waals surface area contributed by atoms with E-state index in [9.17, 15) is 0 Å². The molecule has 0 saturated heterocycles. The van der Waals surface area contributed by atoms with Gasteiger partial charge in [0.25, 0.3) is 0 Å². The molecule has 0 amide bonds. The Kier molecular flexibility index (Phi) is 9.48. The van der Waals surface area contributed by atoms with Crippen molar-refractivity contribution >= 4 is 58.4 Å².